The molecule has 0 heterocycles. The summed E-state index contributed by atoms with van der Waals surface area (Å²) in [5.74, 6) is -0.375. The number of aliphatic hydroxyl groups is 4. The maximum atomic E-state index is 13.5. The van der Waals surface area contributed by atoms with E-state index in [9.17, 15) is 46.8 Å². The quantitative estimate of drug-likeness (QED) is 0.155. The Balaban J connectivity index is 2.01. The summed E-state index contributed by atoms with van der Waals surface area (Å²) >= 11 is 0. The highest BCUT2D eigenvalue weighted by Gasteiger charge is 2.69. The third-order valence-electron chi connectivity index (χ3n) is 10.2. The van der Waals surface area contributed by atoms with Gasteiger partial charge in [0.15, 0.2) is 0 Å². The minimum absolute atomic E-state index is 0.0338. The molecule has 0 aliphatic heterocycles. The molecule has 43 heavy (non-hydrogen) atoms. The zero-order chi connectivity index (χ0) is 37.6. The summed E-state index contributed by atoms with van der Waals surface area (Å²) in [6.07, 6.45) is -7.24. The Morgan fingerprint density at radius 1 is 1.02 bits per heavy atom. The van der Waals surface area contributed by atoms with Gasteiger partial charge in [-0.1, -0.05) is 50.6 Å². The predicted molar refractivity (Wildman–Crippen MR) is 154 cm³/mol. The molecule has 0 unspecified atom stereocenters. The third-order valence-corrected chi connectivity index (χ3v) is 10.2. The molecule has 246 valence electrons. The Kier molecular flexibility index (Phi) is 8.14. The molecular weight excluding hydrogens is 574 g/mol. The minimum Gasteiger partial charge on any atom is -0.393 e. The van der Waals surface area contributed by atoms with Crippen LogP contribution in [0.3, 0.4) is 0 Å². The molecule has 3 fully saturated rings. The van der Waals surface area contributed by atoms with Crippen molar-refractivity contribution in [2.75, 3.05) is 0 Å². The van der Waals surface area contributed by atoms with E-state index in [0.717, 1.165) is 18.4 Å². The van der Waals surface area contributed by atoms with Crippen LogP contribution in [0.5, 0.6) is 0 Å². The van der Waals surface area contributed by atoms with Crippen molar-refractivity contribution in [2.45, 2.75) is 134 Å². The number of rotatable bonds is 9. The molecule has 0 saturated heterocycles. The van der Waals surface area contributed by atoms with Gasteiger partial charge in [0, 0.05) is 14.6 Å². The van der Waals surface area contributed by atoms with Crippen molar-refractivity contribution in [1.82, 2.24) is 0 Å². The number of fused-ring (bicyclic) bond motifs is 1. The second-order valence-electron chi connectivity index (χ2n) is 13.3. The molecule has 0 amide bonds. The van der Waals surface area contributed by atoms with E-state index in [1.807, 2.05) is 19.1 Å². The molecule has 0 aromatic carbocycles. The molecule has 0 spiro atoms. The number of hydrogen-bond donors (Lipinski definition) is 4. The first-order valence-electron chi connectivity index (χ1n) is 17.7. The Morgan fingerprint density at radius 3 is 2.28 bits per heavy atom. The van der Waals surface area contributed by atoms with E-state index in [1.54, 1.807) is 6.92 Å². The van der Waals surface area contributed by atoms with Gasteiger partial charge in [0.05, 0.1) is 17.8 Å². The van der Waals surface area contributed by atoms with Gasteiger partial charge in [-0.15, -0.1) is 0 Å². The van der Waals surface area contributed by atoms with Crippen LogP contribution in [0.15, 0.2) is 47.6 Å². The van der Waals surface area contributed by atoms with Crippen LogP contribution in [0, 0.1) is 22.7 Å². The maximum absolute atomic E-state index is 13.5. The molecule has 3 rings (SSSR count). The van der Waals surface area contributed by atoms with Crippen LogP contribution in [0.4, 0.5) is 26.3 Å². The molecule has 4 nitrogen and oxygen atoms in total. The fourth-order valence-electron chi connectivity index (χ4n) is 7.86. The lowest BCUT2D eigenvalue weighted by atomic mass is 9.55. The van der Waals surface area contributed by atoms with Crippen molar-refractivity contribution < 1.29 is 55.0 Å². The smallest absolute Gasteiger partial charge is 0.393 e. The monoisotopic (exact) mass is 628 g/mol. The van der Waals surface area contributed by atoms with Gasteiger partial charge in [-0.3, -0.25) is 0 Å². The topological polar surface area (TPSA) is 80.9 Å². The van der Waals surface area contributed by atoms with Gasteiger partial charge in [0.1, 0.15) is 0 Å². The van der Waals surface area contributed by atoms with Crippen LogP contribution < -0.4 is 0 Å². The van der Waals surface area contributed by atoms with Gasteiger partial charge in [0.25, 0.3) is 5.60 Å². The fraction of sp³-hybridized carbons (Fsp3) is 0.758. The lowest BCUT2D eigenvalue weighted by molar-refractivity contribution is -0.347. The average molecular weight is 629 g/mol. The Morgan fingerprint density at radius 2 is 1.67 bits per heavy atom. The van der Waals surface area contributed by atoms with Gasteiger partial charge >= 0.3 is 12.4 Å². The van der Waals surface area contributed by atoms with E-state index in [0.29, 0.717) is 42.9 Å². The number of hydrogen-bond acceptors (Lipinski definition) is 4. The fourth-order valence-corrected chi connectivity index (χ4v) is 7.86. The lowest BCUT2D eigenvalue weighted by Gasteiger charge is -2.49. The van der Waals surface area contributed by atoms with Crippen LogP contribution in [0.2, 0.25) is 0 Å². The largest absolute Gasteiger partial charge is 0.429 e. The summed E-state index contributed by atoms with van der Waals surface area (Å²) in [5.41, 5.74) is -7.54. The van der Waals surface area contributed by atoms with Crippen LogP contribution >= 0.6 is 0 Å². The SMILES string of the molecule is [2H]C([2H])([2H])C(O)(CCC[C@](C)(C/C=C\C(O)(C(F)(F)F)C(F)(F)F)[C@H]1CC[C@H]2/C(=C/C=C3/C[C@@H](O)C[C@H](O)C3=C)CCC[C@]12C)C([2H])([2H])[2H]. The first-order chi connectivity index (χ1) is 22.0. The van der Waals surface area contributed by atoms with Crippen LogP contribution in [-0.4, -0.2) is 56.2 Å². The van der Waals surface area contributed by atoms with Crippen LogP contribution in [0.1, 0.15) is 106 Å². The van der Waals surface area contributed by atoms with E-state index in [4.69, 9.17) is 8.22 Å². The second-order valence-corrected chi connectivity index (χ2v) is 13.3. The van der Waals surface area contributed by atoms with Crippen molar-refractivity contribution in [3.8, 4) is 0 Å². The predicted octanol–water partition coefficient (Wildman–Crippen LogP) is 7.88. The van der Waals surface area contributed by atoms with Crippen molar-refractivity contribution in [1.29, 1.82) is 0 Å². The number of allylic oxidation sites excluding steroid dienone is 4. The molecule has 0 aromatic rings. The molecule has 0 aromatic heterocycles. The van der Waals surface area contributed by atoms with Gasteiger partial charge in [-0.25, -0.2) is 0 Å². The van der Waals surface area contributed by atoms with Gasteiger partial charge in [-0.05, 0) is 111 Å². The Bertz CT molecular complexity index is 1280. The molecule has 10 heteroatoms. The summed E-state index contributed by atoms with van der Waals surface area (Å²) in [7, 11) is 0. The second kappa shape index (κ2) is 12.6. The van der Waals surface area contributed by atoms with Gasteiger partial charge in [-0.2, -0.15) is 26.3 Å². The Hall–Kier alpha value is -1.62. The summed E-state index contributed by atoms with van der Waals surface area (Å²) in [4.78, 5) is 0. The zero-order valence-electron chi connectivity index (χ0n) is 30.7. The molecule has 0 bridgehead atoms. The molecule has 3 aliphatic rings. The third kappa shape index (κ3) is 7.79. The standard InChI is InChI=1S/C33H48F6O4/c1-21-23(19-24(40)20-26(21)41)11-10-22-9-6-17-30(5)25(22)12-13-27(30)29(4,15-7-14-28(2,3)42)16-8-18-31(43,32(34,35)36)33(37,38)39/h8,10-11,18,24-27,40-43H,1,6-7,9,12-17,19-20H2,2-5H3/b18-8-,22-10+,23-11-/t24-,25+,26+,27-,29-,30+/m1/s1/i2D3,3D3. The highest BCUT2D eigenvalue weighted by molar-refractivity contribution is 5.38. The molecule has 4 N–H and O–H groups in total. The minimum atomic E-state index is -6.06. The lowest BCUT2D eigenvalue weighted by Crippen LogP contribution is -2.55. The van der Waals surface area contributed by atoms with E-state index in [1.165, 1.54) is 0 Å². The van der Waals surface area contributed by atoms with Crippen molar-refractivity contribution >= 4 is 0 Å². The van der Waals surface area contributed by atoms with Crippen LogP contribution in [0.25, 0.3) is 0 Å². The van der Waals surface area contributed by atoms with Crippen LogP contribution in [-0.2, 0) is 0 Å². The summed E-state index contributed by atoms with van der Waals surface area (Å²) in [5, 5.41) is 41.0. The van der Waals surface area contributed by atoms with E-state index in [-0.39, 0.29) is 43.6 Å². The normalized spacial score (nSPS) is 35.6. The van der Waals surface area contributed by atoms with Gasteiger partial charge in [0.2, 0.25) is 0 Å². The zero-order valence-corrected chi connectivity index (χ0v) is 24.7. The number of alkyl halides is 6. The molecular formula is C33H48F6O4. The Labute approximate surface area is 259 Å². The first-order valence-corrected chi connectivity index (χ1v) is 14.7. The van der Waals surface area contributed by atoms with Crippen molar-refractivity contribution in [3.05, 3.63) is 47.6 Å². The number of halogens is 6. The van der Waals surface area contributed by atoms with Crippen molar-refractivity contribution in [3.63, 3.8) is 0 Å². The van der Waals surface area contributed by atoms with Crippen molar-refractivity contribution in [2.24, 2.45) is 22.7 Å². The highest BCUT2D eigenvalue weighted by atomic mass is 19.4. The molecule has 6 atom stereocenters. The highest BCUT2D eigenvalue weighted by Crippen LogP contribution is 2.64. The van der Waals surface area contributed by atoms with Gasteiger partial charge < -0.3 is 20.4 Å². The summed E-state index contributed by atoms with van der Waals surface area (Å²) in [6, 6.07) is 0. The number of aliphatic hydroxyl groups excluding tert-OH is 2. The first kappa shape index (κ1) is 27.7. The summed E-state index contributed by atoms with van der Waals surface area (Å²) in [6.45, 7) is 1.00. The van der Waals surface area contributed by atoms with E-state index >= 15 is 0 Å². The van der Waals surface area contributed by atoms with E-state index in [2.05, 4.69) is 6.58 Å². The average Bonchev–Trinajstić information content (AvgIpc) is 3.29. The summed E-state index contributed by atoms with van der Waals surface area (Å²) < 4.78 is 127. The van der Waals surface area contributed by atoms with E-state index < -0.39 is 66.7 Å². The molecule has 0 radical (unpaired) electrons. The molecule has 3 saturated carbocycles. The molecule has 3 aliphatic carbocycles. The maximum Gasteiger partial charge on any atom is 0.429 e.